The molecule has 0 aromatic heterocycles. The van der Waals surface area contributed by atoms with Crippen LogP contribution in [-0.4, -0.2) is 17.7 Å². The van der Waals surface area contributed by atoms with Gasteiger partial charge in [-0.3, -0.25) is 14.4 Å². The molecule has 3 amide bonds. The van der Waals surface area contributed by atoms with Crippen molar-refractivity contribution in [2.24, 2.45) is 0 Å². The number of amides is 3. The van der Waals surface area contributed by atoms with E-state index < -0.39 is 22.9 Å². The van der Waals surface area contributed by atoms with E-state index in [0.717, 1.165) is 21.2 Å². The number of fused-ring (bicyclic) bond motifs is 1. The molecule has 0 aliphatic rings. The van der Waals surface area contributed by atoms with Gasteiger partial charge in [-0.25, -0.2) is 4.39 Å². The van der Waals surface area contributed by atoms with Crippen LogP contribution in [0.3, 0.4) is 0 Å². The second-order valence-electron chi connectivity index (χ2n) is 10.9. The largest absolute Gasteiger partial charge is 0.325 e. The minimum atomic E-state index is -0.555. The molecule has 6 nitrogen and oxygen atoms in total. The highest BCUT2D eigenvalue weighted by Crippen LogP contribution is 2.37. The Kier molecular flexibility index (Phi) is 10.0. The summed E-state index contributed by atoms with van der Waals surface area (Å²) in [5.74, 6) is -1.59. The van der Waals surface area contributed by atoms with Crippen molar-refractivity contribution in [2.75, 3.05) is 10.6 Å². The zero-order chi connectivity index (χ0) is 33.3. The number of benzene rings is 6. The third-order valence-electron chi connectivity index (χ3n) is 7.43. The van der Waals surface area contributed by atoms with Crippen LogP contribution >= 0.6 is 11.8 Å². The molecule has 0 heterocycles. The highest BCUT2D eigenvalue weighted by atomic mass is 32.2. The Morgan fingerprint density at radius 3 is 1.96 bits per heavy atom. The number of hydrogen-bond acceptors (Lipinski definition) is 4. The zero-order valence-corrected chi connectivity index (χ0v) is 26.4. The molecule has 0 saturated heterocycles. The third kappa shape index (κ3) is 8.23. The molecule has 1 unspecified atom stereocenters. The molecule has 0 aliphatic heterocycles. The Morgan fingerprint density at radius 1 is 0.625 bits per heavy atom. The van der Waals surface area contributed by atoms with Gasteiger partial charge in [0.15, 0.2) is 0 Å². The van der Waals surface area contributed by atoms with Crippen molar-refractivity contribution in [2.45, 2.75) is 10.1 Å². The van der Waals surface area contributed by atoms with E-state index in [1.165, 1.54) is 42.1 Å². The van der Waals surface area contributed by atoms with E-state index in [1.807, 2.05) is 84.9 Å². The topological polar surface area (TPSA) is 87.3 Å². The minimum Gasteiger partial charge on any atom is -0.325 e. The summed E-state index contributed by atoms with van der Waals surface area (Å²) in [6, 6.07) is 44.6. The van der Waals surface area contributed by atoms with E-state index in [-0.39, 0.29) is 11.6 Å². The van der Waals surface area contributed by atoms with E-state index in [2.05, 4.69) is 16.0 Å². The first kappa shape index (κ1) is 32.0. The molecule has 48 heavy (non-hydrogen) atoms. The molecule has 3 N–H and O–H groups in total. The summed E-state index contributed by atoms with van der Waals surface area (Å²) in [4.78, 5) is 40.8. The smallest absolute Gasteiger partial charge is 0.272 e. The fourth-order valence-corrected chi connectivity index (χ4v) is 6.02. The van der Waals surface area contributed by atoms with Crippen LogP contribution < -0.4 is 16.0 Å². The molecule has 0 saturated carbocycles. The van der Waals surface area contributed by atoms with E-state index in [0.29, 0.717) is 22.5 Å². The highest BCUT2D eigenvalue weighted by molar-refractivity contribution is 8.00. The summed E-state index contributed by atoms with van der Waals surface area (Å²) < 4.78 is 13.5. The van der Waals surface area contributed by atoms with Gasteiger partial charge < -0.3 is 16.0 Å². The standard InChI is InChI=1S/C40H30FN3O3S/c41-32-18-15-27(16-19-32)25-36(44-38(45)30-12-5-2-6-13-30)39(46)42-33-21-23-35(24-22-33)48-37(29-10-3-1-4-11-29)40(47)43-34-20-17-28-9-7-8-14-31(28)26-34/h1-26,37H,(H,42,46)(H,43,47)(H,44,45)/b36-25-. The molecule has 1 atom stereocenters. The summed E-state index contributed by atoms with van der Waals surface area (Å²) in [7, 11) is 0. The number of carbonyl (C=O) groups is 3. The van der Waals surface area contributed by atoms with Crippen molar-refractivity contribution in [1.82, 2.24) is 5.32 Å². The van der Waals surface area contributed by atoms with E-state index >= 15 is 0 Å². The first-order valence-corrected chi connectivity index (χ1v) is 16.1. The lowest BCUT2D eigenvalue weighted by atomic mass is 10.1. The Bertz CT molecular complexity index is 2090. The van der Waals surface area contributed by atoms with Crippen LogP contribution in [0.5, 0.6) is 0 Å². The van der Waals surface area contributed by atoms with Gasteiger partial charge in [-0.1, -0.05) is 91.0 Å². The fourth-order valence-electron chi connectivity index (χ4n) is 5.00. The van der Waals surface area contributed by atoms with Gasteiger partial charge >= 0.3 is 0 Å². The summed E-state index contributed by atoms with van der Waals surface area (Å²) in [6.07, 6.45) is 1.48. The third-order valence-corrected chi connectivity index (χ3v) is 8.70. The highest BCUT2D eigenvalue weighted by Gasteiger charge is 2.23. The maximum atomic E-state index is 13.6. The second kappa shape index (κ2) is 15.1. The Balaban J connectivity index is 1.18. The van der Waals surface area contributed by atoms with Crippen molar-refractivity contribution in [3.63, 3.8) is 0 Å². The number of hydrogen-bond donors (Lipinski definition) is 3. The van der Waals surface area contributed by atoms with Crippen LogP contribution in [0.25, 0.3) is 16.8 Å². The predicted octanol–water partition coefficient (Wildman–Crippen LogP) is 8.86. The minimum absolute atomic E-state index is 0.0107. The zero-order valence-electron chi connectivity index (χ0n) is 25.6. The first-order chi connectivity index (χ1) is 23.4. The number of thioether (sulfide) groups is 1. The molecule has 236 valence electrons. The maximum Gasteiger partial charge on any atom is 0.272 e. The van der Waals surface area contributed by atoms with Gasteiger partial charge in [0.05, 0.1) is 0 Å². The number of carbonyl (C=O) groups excluding carboxylic acids is 3. The van der Waals surface area contributed by atoms with E-state index in [4.69, 9.17) is 0 Å². The van der Waals surface area contributed by atoms with Crippen LogP contribution in [0.15, 0.2) is 162 Å². The maximum absolute atomic E-state index is 13.6. The summed E-state index contributed by atoms with van der Waals surface area (Å²) >= 11 is 1.39. The van der Waals surface area contributed by atoms with Crippen molar-refractivity contribution in [3.05, 3.63) is 180 Å². The summed E-state index contributed by atoms with van der Waals surface area (Å²) in [6.45, 7) is 0. The molecule has 0 radical (unpaired) electrons. The molecule has 6 aromatic rings. The normalized spacial score (nSPS) is 11.8. The van der Waals surface area contributed by atoms with Crippen LogP contribution in [0.1, 0.15) is 26.7 Å². The van der Waals surface area contributed by atoms with Crippen molar-refractivity contribution in [1.29, 1.82) is 0 Å². The molecule has 6 rings (SSSR count). The Morgan fingerprint density at radius 2 is 1.25 bits per heavy atom. The van der Waals surface area contributed by atoms with Gasteiger partial charge in [-0.2, -0.15) is 0 Å². The Hall–Kier alpha value is -5.99. The molecule has 6 aromatic carbocycles. The van der Waals surface area contributed by atoms with Gasteiger partial charge in [0.1, 0.15) is 16.8 Å². The summed E-state index contributed by atoms with van der Waals surface area (Å²) in [5.41, 5.74) is 2.96. The number of anilines is 2. The lowest BCUT2D eigenvalue weighted by molar-refractivity contribution is -0.116. The molecule has 0 fully saturated rings. The van der Waals surface area contributed by atoms with Gasteiger partial charge in [0.25, 0.3) is 11.8 Å². The van der Waals surface area contributed by atoms with Gasteiger partial charge in [-0.05, 0) is 88.6 Å². The van der Waals surface area contributed by atoms with Crippen molar-refractivity contribution >= 4 is 57.7 Å². The molecule has 8 heteroatoms. The van der Waals surface area contributed by atoms with Crippen LogP contribution in [0.4, 0.5) is 15.8 Å². The molecular formula is C40H30FN3O3S. The second-order valence-corrected chi connectivity index (χ2v) is 12.0. The van der Waals surface area contributed by atoms with E-state index in [1.54, 1.807) is 42.5 Å². The van der Waals surface area contributed by atoms with E-state index in [9.17, 15) is 18.8 Å². The molecular weight excluding hydrogens is 622 g/mol. The van der Waals surface area contributed by atoms with Gasteiger partial charge in [0.2, 0.25) is 5.91 Å². The number of rotatable bonds is 10. The number of halogens is 1. The summed E-state index contributed by atoms with van der Waals surface area (Å²) in [5, 5.41) is 10.2. The SMILES string of the molecule is O=C(Nc1ccc(SC(C(=O)Nc2ccc3ccccc3c2)c2ccccc2)cc1)/C(=C/c1ccc(F)cc1)NC(=O)c1ccccc1. The average molecular weight is 652 g/mol. The Labute approximate surface area is 281 Å². The van der Waals surface area contributed by atoms with Crippen LogP contribution in [0.2, 0.25) is 0 Å². The quantitative estimate of drug-likeness (QED) is 0.102. The van der Waals surface area contributed by atoms with Crippen LogP contribution in [0, 0.1) is 5.82 Å². The van der Waals surface area contributed by atoms with Gasteiger partial charge in [0, 0.05) is 21.8 Å². The average Bonchev–Trinajstić information content (AvgIpc) is 3.12. The molecule has 0 spiro atoms. The molecule has 0 aliphatic carbocycles. The van der Waals surface area contributed by atoms with Crippen molar-refractivity contribution in [3.8, 4) is 0 Å². The lowest BCUT2D eigenvalue weighted by Gasteiger charge is -2.18. The van der Waals surface area contributed by atoms with Crippen molar-refractivity contribution < 1.29 is 18.8 Å². The van der Waals surface area contributed by atoms with Crippen LogP contribution in [-0.2, 0) is 9.59 Å². The van der Waals surface area contributed by atoms with Gasteiger partial charge in [-0.15, -0.1) is 11.8 Å². The number of nitrogens with one attached hydrogen (secondary N) is 3. The molecule has 0 bridgehead atoms. The monoisotopic (exact) mass is 651 g/mol. The fraction of sp³-hybridized carbons (Fsp3) is 0.0250. The predicted molar refractivity (Wildman–Crippen MR) is 191 cm³/mol. The first-order valence-electron chi connectivity index (χ1n) is 15.2. The lowest BCUT2D eigenvalue weighted by Crippen LogP contribution is -2.30.